The molecule has 0 radical (unpaired) electrons. The maximum atomic E-state index is 11.5. The molecule has 2 aliphatic heterocycles. The number of pyridine rings is 4. The second-order valence-electron chi connectivity index (χ2n) is 10.8. The van der Waals surface area contributed by atoms with E-state index < -0.39 is 18.2 Å². The van der Waals surface area contributed by atoms with E-state index in [1.165, 1.54) is 16.7 Å². The highest BCUT2D eigenvalue weighted by Gasteiger charge is 2.24. The molecule has 0 bridgehead atoms. The molecule has 0 saturated heterocycles. The van der Waals surface area contributed by atoms with Crippen LogP contribution in [0.5, 0.6) is 0 Å². The van der Waals surface area contributed by atoms with Crippen molar-refractivity contribution >= 4 is 29.5 Å². The van der Waals surface area contributed by atoms with Gasteiger partial charge in [-0.2, -0.15) is 0 Å². The Morgan fingerprint density at radius 2 is 1.20 bits per heavy atom. The summed E-state index contributed by atoms with van der Waals surface area (Å²) < 4.78 is 0. The van der Waals surface area contributed by atoms with Crippen LogP contribution in [0.15, 0.2) is 61.4 Å². The number of carbonyl (C=O) groups excluding carboxylic acids is 3. The van der Waals surface area contributed by atoms with Crippen molar-refractivity contribution in [2.24, 2.45) is 11.5 Å². The Bertz CT molecular complexity index is 1720. The zero-order chi connectivity index (χ0) is 31.4. The fraction of sp³-hybridized carbons (Fsp3) is 0.281. The minimum atomic E-state index is -0.566. The minimum Gasteiger partial charge on any atom is -0.389 e. The molecule has 1 atom stereocenters. The maximum Gasteiger partial charge on any atom is 0.320 e. The van der Waals surface area contributed by atoms with E-state index in [0.717, 1.165) is 64.6 Å². The van der Waals surface area contributed by atoms with Gasteiger partial charge in [-0.25, -0.2) is 19.6 Å². The van der Waals surface area contributed by atoms with Crippen LogP contribution < -0.4 is 21.3 Å². The van der Waals surface area contributed by atoms with Gasteiger partial charge in [-0.1, -0.05) is 0 Å². The molecule has 0 fully saturated rings. The summed E-state index contributed by atoms with van der Waals surface area (Å²) >= 11 is 0. The highest BCUT2D eigenvalue weighted by Crippen LogP contribution is 2.31. The van der Waals surface area contributed by atoms with E-state index in [-0.39, 0.29) is 5.78 Å². The minimum absolute atomic E-state index is 0.0276. The van der Waals surface area contributed by atoms with Crippen molar-refractivity contribution in [3.63, 3.8) is 0 Å². The van der Waals surface area contributed by atoms with Gasteiger partial charge in [-0.15, -0.1) is 0 Å². The van der Waals surface area contributed by atoms with E-state index in [9.17, 15) is 19.5 Å². The lowest BCUT2D eigenvalue weighted by atomic mass is 10.00. The first kappa shape index (κ1) is 30.2. The monoisotopic (exact) mass is 594 g/mol. The number of fused-ring (bicyclic) bond motifs is 2. The number of primary amides is 2. The number of ketones is 1. The zero-order valence-electron chi connectivity index (χ0n) is 24.6. The van der Waals surface area contributed by atoms with Crippen molar-refractivity contribution in [1.29, 1.82) is 0 Å². The Morgan fingerprint density at radius 3 is 1.68 bits per heavy atom. The highest BCUT2D eigenvalue weighted by atomic mass is 16.3. The van der Waals surface area contributed by atoms with Crippen LogP contribution in [-0.4, -0.2) is 56.0 Å². The van der Waals surface area contributed by atoms with Crippen LogP contribution in [0.4, 0.5) is 21.2 Å². The van der Waals surface area contributed by atoms with Gasteiger partial charge in [0, 0.05) is 78.1 Å². The Balaban J connectivity index is 0.000000175. The third-order valence-electron chi connectivity index (χ3n) is 7.64. The number of aryl methyl sites for hydroxylation is 2. The summed E-state index contributed by atoms with van der Waals surface area (Å²) in [6.45, 7) is 4.41. The normalized spacial score (nSPS) is 14.4. The van der Waals surface area contributed by atoms with Crippen LogP contribution in [0.3, 0.4) is 0 Å². The summed E-state index contributed by atoms with van der Waals surface area (Å²) in [5.74, 6) is 1.24. The standard InChI is InChI=1S/C16H18N4O2.C16H16N4O2/c2*1-10(21)12-6-13(8-18-7-12)14-5-11-3-2-4-20(16(17)22)15(11)19-9-14/h5-10,21H,2-4H2,1H3,(H2,17,22);5-9H,2-4H2,1H3,(H2,17,22). The fourth-order valence-electron chi connectivity index (χ4n) is 5.31. The van der Waals surface area contributed by atoms with Gasteiger partial charge in [0.1, 0.15) is 11.6 Å². The van der Waals surface area contributed by atoms with Gasteiger partial charge < -0.3 is 16.6 Å². The van der Waals surface area contributed by atoms with Crippen LogP contribution in [0.25, 0.3) is 22.3 Å². The average molecular weight is 595 g/mol. The number of aromatic nitrogens is 4. The number of urea groups is 2. The molecule has 6 rings (SSSR count). The summed E-state index contributed by atoms with van der Waals surface area (Å²) in [6.07, 6.45) is 12.9. The van der Waals surface area contributed by atoms with Gasteiger partial charge >= 0.3 is 12.1 Å². The quantitative estimate of drug-likeness (QED) is 0.294. The van der Waals surface area contributed by atoms with E-state index in [0.29, 0.717) is 30.3 Å². The van der Waals surface area contributed by atoms with Gasteiger partial charge in [0.25, 0.3) is 0 Å². The predicted octanol–water partition coefficient (Wildman–Crippen LogP) is 4.21. The Morgan fingerprint density at radius 1 is 0.727 bits per heavy atom. The molecule has 4 aromatic rings. The van der Waals surface area contributed by atoms with Crippen LogP contribution in [0.2, 0.25) is 0 Å². The maximum absolute atomic E-state index is 11.5. The lowest BCUT2D eigenvalue weighted by Crippen LogP contribution is -2.40. The highest BCUT2D eigenvalue weighted by molar-refractivity contribution is 5.95. The number of hydrogen-bond donors (Lipinski definition) is 3. The molecular weight excluding hydrogens is 560 g/mol. The second-order valence-corrected chi connectivity index (χ2v) is 10.8. The first-order valence-corrected chi connectivity index (χ1v) is 14.3. The molecule has 0 spiro atoms. The number of nitrogens with two attached hydrogens (primary N) is 2. The summed E-state index contributed by atoms with van der Waals surface area (Å²) in [7, 11) is 0. The largest absolute Gasteiger partial charge is 0.389 e. The third-order valence-corrected chi connectivity index (χ3v) is 7.64. The van der Waals surface area contributed by atoms with E-state index in [2.05, 4.69) is 19.9 Å². The summed E-state index contributed by atoms with van der Waals surface area (Å²) in [6, 6.07) is 6.74. The van der Waals surface area contributed by atoms with E-state index in [1.807, 2.05) is 18.2 Å². The Hall–Kier alpha value is -5.23. The molecular formula is C32H34N8O4. The van der Waals surface area contributed by atoms with E-state index in [1.54, 1.807) is 50.2 Å². The summed E-state index contributed by atoms with van der Waals surface area (Å²) in [5.41, 5.74) is 17.6. The number of anilines is 2. The number of Topliss-reactive ketones (excluding diaryl/α,β-unsaturated/α-hetero) is 1. The van der Waals surface area contributed by atoms with E-state index >= 15 is 0 Å². The van der Waals surface area contributed by atoms with Crippen molar-refractivity contribution in [2.45, 2.75) is 45.6 Å². The lowest BCUT2D eigenvalue weighted by molar-refractivity contribution is 0.101. The molecule has 12 heteroatoms. The number of rotatable bonds is 4. The summed E-state index contributed by atoms with van der Waals surface area (Å²) in [5, 5.41) is 9.67. The number of amides is 4. The number of aliphatic hydroxyl groups excluding tert-OH is 1. The number of carbonyl (C=O) groups is 3. The van der Waals surface area contributed by atoms with Crippen molar-refractivity contribution in [1.82, 2.24) is 19.9 Å². The van der Waals surface area contributed by atoms with Gasteiger partial charge in [-0.05, 0) is 80.5 Å². The molecule has 1 unspecified atom stereocenters. The van der Waals surface area contributed by atoms with Crippen molar-refractivity contribution in [3.8, 4) is 22.3 Å². The van der Waals surface area contributed by atoms with Crippen molar-refractivity contribution in [3.05, 3.63) is 83.7 Å². The first-order valence-electron chi connectivity index (χ1n) is 14.3. The summed E-state index contributed by atoms with van der Waals surface area (Å²) in [4.78, 5) is 54.4. The molecule has 4 aromatic heterocycles. The molecule has 0 aromatic carbocycles. The topological polar surface area (TPSA) is 182 Å². The van der Waals surface area contributed by atoms with Gasteiger partial charge in [0.05, 0.1) is 6.10 Å². The van der Waals surface area contributed by atoms with Crippen LogP contribution in [0, 0.1) is 0 Å². The average Bonchev–Trinajstić information content (AvgIpc) is 3.03. The van der Waals surface area contributed by atoms with Gasteiger partial charge in [0.2, 0.25) is 0 Å². The molecule has 12 nitrogen and oxygen atoms in total. The van der Waals surface area contributed by atoms with E-state index in [4.69, 9.17) is 11.5 Å². The van der Waals surface area contributed by atoms with Crippen molar-refractivity contribution in [2.75, 3.05) is 22.9 Å². The molecule has 4 amide bonds. The van der Waals surface area contributed by atoms with Crippen LogP contribution in [-0.2, 0) is 12.8 Å². The molecule has 44 heavy (non-hydrogen) atoms. The van der Waals surface area contributed by atoms with Crippen molar-refractivity contribution < 1.29 is 19.5 Å². The number of aliphatic hydroxyl groups is 1. The molecule has 6 heterocycles. The van der Waals surface area contributed by atoms with Crippen LogP contribution in [0.1, 0.15) is 59.8 Å². The SMILES string of the molecule is CC(=O)c1cncc(-c2cnc3c(c2)CCCN3C(N)=O)c1.CC(O)c1cncc(-c2cnc3c(c2)CCCN3C(N)=O)c1. The molecule has 0 saturated carbocycles. The lowest BCUT2D eigenvalue weighted by Gasteiger charge is -2.26. The third kappa shape index (κ3) is 6.55. The number of nitrogens with zero attached hydrogens (tertiary/aromatic N) is 6. The second kappa shape index (κ2) is 13.0. The first-order chi connectivity index (χ1) is 21.1. The smallest absolute Gasteiger partial charge is 0.320 e. The van der Waals surface area contributed by atoms with Gasteiger partial charge in [-0.3, -0.25) is 24.6 Å². The Labute approximate surface area is 254 Å². The molecule has 226 valence electrons. The molecule has 5 N–H and O–H groups in total. The number of hydrogen-bond acceptors (Lipinski definition) is 8. The zero-order valence-corrected chi connectivity index (χ0v) is 24.6. The molecule has 2 aliphatic rings. The predicted molar refractivity (Wildman–Crippen MR) is 166 cm³/mol. The molecule has 0 aliphatic carbocycles. The van der Waals surface area contributed by atoms with Gasteiger partial charge in [0.15, 0.2) is 5.78 Å². The fourth-order valence-corrected chi connectivity index (χ4v) is 5.31. The van der Waals surface area contributed by atoms with Crippen LogP contribution >= 0.6 is 0 Å². The Kier molecular flexibility index (Phi) is 8.91.